The number of likely N-dealkylation sites (tertiary alicyclic amines) is 1. The molecule has 1 aliphatic rings. The number of aromatic nitrogens is 5. The minimum absolute atomic E-state index is 0.00955. The second-order valence-electron chi connectivity index (χ2n) is 6.27. The summed E-state index contributed by atoms with van der Waals surface area (Å²) < 4.78 is 1.94. The van der Waals surface area contributed by atoms with Crippen molar-refractivity contribution in [2.45, 2.75) is 32.2 Å². The van der Waals surface area contributed by atoms with E-state index in [9.17, 15) is 4.79 Å². The van der Waals surface area contributed by atoms with Crippen molar-refractivity contribution in [3.63, 3.8) is 0 Å². The second kappa shape index (κ2) is 7.03. The molecule has 4 heterocycles. The van der Waals surface area contributed by atoms with E-state index >= 15 is 0 Å². The van der Waals surface area contributed by atoms with Crippen molar-refractivity contribution in [3.8, 4) is 5.82 Å². The largest absolute Gasteiger partial charge is 0.330 e. The molecule has 7 heteroatoms. The minimum atomic E-state index is -0.0660. The van der Waals surface area contributed by atoms with E-state index in [1.807, 2.05) is 15.7 Å². The molecule has 1 atom stereocenters. The number of carbonyl (C=O) groups excluding carboxylic acids is 1. The summed E-state index contributed by atoms with van der Waals surface area (Å²) in [5.41, 5.74) is 1.42. The first kappa shape index (κ1) is 16.4. The molecule has 0 bridgehead atoms. The fourth-order valence-corrected chi connectivity index (χ4v) is 3.42. The number of rotatable bonds is 4. The maximum absolute atomic E-state index is 12.9. The molecule has 1 saturated heterocycles. The summed E-state index contributed by atoms with van der Waals surface area (Å²) in [6, 6.07) is 3.51. The fourth-order valence-electron chi connectivity index (χ4n) is 3.42. The summed E-state index contributed by atoms with van der Waals surface area (Å²) in [5.74, 6) is 1.66. The van der Waals surface area contributed by atoms with Crippen LogP contribution in [0, 0.1) is 0 Å². The lowest BCUT2D eigenvalue weighted by Gasteiger charge is -2.24. The number of hydrogen-bond donors (Lipinski definition) is 0. The monoisotopic (exact) mass is 348 g/mol. The Kier molecular flexibility index (Phi) is 4.43. The Labute approximate surface area is 151 Å². The number of carbonyl (C=O) groups is 1. The zero-order valence-electron chi connectivity index (χ0n) is 14.6. The third kappa shape index (κ3) is 2.96. The lowest BCUT2D eigenvalue weighted by atomic mass is 10.1. The Morgan fingerprint density at radius 1 is 1.23 bits per heavy atom. The predicted molar refractivity (Wildman–Crippen MR) is 95.8 cm³/mol. The molecule has 4 rings (SSSR count). The van der Waals surface area contributed by atoms with E-state index in [1.54, 1.807) is 43.1 Å². The first-order valence-corrected chi connectivity index (χ1v) is 8.83. The molecular weight excluding hydrogens is 328 g/mol. The number of imidazole rings is 1. The molecule has 132 valence electrons. The van der Waals surface area contributed by atoms with Gasteiger partial charge in [-0.1, -0.05) is 6.92 Å². The van der Waals surface area contributed by atoms with Crippen LogP contribution < -0.4 is 0 Å². The maximum Gasteiger partial charge on any atom is 0.255 e. The molecule has 0 N–H and O–H groups in total. The number of aryl methyl sites for hydroxylation is 1. The second-order valence-corrected chi connectivity index (χ2v) is 6.27. The molecule has 7 nitrogen and oxygen atoms in total. The maximum atomic E-state index is 12.9. The smallest absolute Gasteiger partial charge is 0.255 e. The molecule has 1 fully saturated rings. The van der Waals surface area contributed by atoms with Gasteiger partial charge < -0.3 is 4.90 Å². The molecule has 3 aromatic heterocycles. The minimum Gasteiger partial charge on any atom is -0.330 e. The Morgan fingerprint density at radius 3 is 2.96 bits per heavy atom. The lowest BCUT2D eigenvalue weighted by Crippen LogP contribution is -2.31. The van der Waals surface area contributed by atoms with Crippen molar-refractivity contribution >= 4 is 5.91 Å². The van der Waals surface area contributed by atoms with E-state index in [2.05, 4.69) is 21.9 Å². The van der Waals surface area contributed by atoms with Gasteiger partial charge in [-0.25, -0.2) is 9.97 Å². The molecule has 0 saturated carbocycles. The van der Waals surface area contributed by atoms with Crippen LogP contribution >= 0.6 is 0 Å². The highest BCUT2D eigenvalue weighted by molar-refractivity contribution is 5.94. The average Bonchev–Trinajstić information content (AvgIpc) is 3.37. The predicted octanol–water partition coefficient (Wildman–Crippen LogP) is 2.60. The molecule has 1 aliphatic heterocycles. The van der Waals surface area contributed by atoms with Crippen LogP contribution in [0.4, 0.5) is 0 Å². The molecule has 0 radical (unpaired) electrons. The highest BCUT2D eigenvalue weighted by Gasteiger charge is 2.32. The summed E-state index contributed by atoms with van der Waals surface area (Å²) in [7, 11) is 0. The molecule has 0 unspecified atom stereocenters. The molecule has 0 spiro atoms. The Hall–Kier alpha value is -3.09. The van der Waals surface area contributed by atoms with Crippen LogP contribution in [0.2, 0.25) is 0 Å². The van der Waals surface area contributed by atoms with Gasteiger partial charge in [0, 0.05) is 37.8 Å². The first-order valence-electron chi connectivity index (χ1n) is 8.83. The summed E-state index contributed by atoms with van der Waals surface area (Å²) in [4.78, 5) is 32.3. The highest BCUT2D eigenvalue weighted by Crippen LogP contribution is 2.32. The number of nitrogens with zero attached hydrogens (tertiary/aromatic N) is 6. The molecular formula is C19H20N6O. The van der Waals surface area contributed by atoms with Crippen molar-refractivity contribution in [1.82, 2.24) is 29.4 Å². The van der Waals surface area contributed by atoms with Crippen molar-refractivity contribution in [1.29, 1.82) is 0 Å². The molecule has 26 heavy (non-hydrogen) atoms. The van der Waals surface area contributed by atoms with Gasteiger partial charge in [-0.3, -0.25) is 19.3 Å². The summed E-state index contributed by atoms with van der Waals surface area (Å²) >= 11 is 0. The Bertz CT molecular complexity index is 907. The third-order valence-corrected chi connectivity index (χ3v) is 4.68. The van der Waals surface area contributed by atoms with Gasteiger partial charge in [-0.15, -0.1) is 0 Å². The normalized spacial score (nSPS) is 16.8. The third-order valence-electron chi connectivity index (χ3n) is 4.68. The first-order chi connectivity index (χ1) is 12.8. The van der Waals surface area contributed by atoms with Crippen molar-refractivity contribution < 1.29 is 4.79 Å². The SMILES string of the molecule is CCc1nccn1-c1cncc([C@@H]2CCCN2C(=O)c2cccnc2)n1. The fraction of sp³-hybridized carbons (Fsp3) is 0.316. The van der Waals surface area contributed by atoms with Crippen LogP contribution in [0.15, 0.2) is 49.3 Å². The topological polar surface area (TPSA) is 76.8 Å². The van der Waals surface area contributed by atoms with Crippen LogP contribution in [0.5, 0.6) is 0 Å². The van der Waals surface area contributed by atoms with E-state index in [0.717, 1.165) is 43.1 Å². The van der Waals surface area contributed by atoms with Gasteiger partial charge in [0.05, 0.1) is 29.7 Å². The summed E-state index contributed by atoms with van der Waals surface area (Å²) in [6.45, 7) is 2.77. The van der Waals surface area contributed by atoms with E-state index in [4.69, 9.17) is 4.98 Å². The van der Waals surface area contributed by atoms with Gasteiger partial charge >= 0.3 is 0 Å². The number of amides is 1. The standard InChI is InChI=1S/C19H20N6O/c1-2-17-22-8-10-25(17)18-13-21-12-15(23-18)16-6-4-9-24(16)19(26)14-5-3-7-20-11-14/h3,5,7-8,10-13,16H,2,4,6,9H2,1H3/t16-/m0/s1. The highest BCUT2D eigenvalue weighted by atomic mass is 16.2. The van der Waals surface area contributed by atoms with Gasteiger partial charge in [-0.05, 0) is 25.0 Å². The molecule has 0 aromatic carbocycles. The van der Waals surface area contributed by atoms with E-state index < -0.39 is 0 Å². The van der Waals surface area contributed by atoms with Gasteiger partial charge in [0.25, 0.3) is 5.91 Å². The van der Waals surface area contributed by atoms with Gasteiger partial charge in [0.1, 0.15) is 5.82 Å². The van der Waals surface area contributed by atoms with Gasteiger partial charge in [0.15, 0.2) is 5.82 Å². The van der Waals surface area contributed by atoms with Crippen molar-refractivity contribution in [3.05, 3.63) is 66.4 Å². The van der Waals surface area contributed by atoms with Crippen molar-refractivity contribution in [2.24, 2.45) is 0 Å². The van der Waals surface area contributed by atoms with Crippen LogP contribution in [0.1, 0.15) is 47.7 Å². The van der Waals surface area contributed by atoms with Crippen LogP contribution in [-0.2, 0) is 6.42 Å². The zero-order chi connectivity index (χ0) is 17.9. The average molecular weight is 348 g/mol. The quantitative estimate of drug-likeness (QED) is 0.724. The van der Waals surface area contributed by atoms with Crippen molar-refractivity contribution in [2.75, 3.05) is 6.54 Å². The van der Waals surface area contributed by atoms with E-state index in [-0.39, 0.29) is 11.9 Å². The van der Waals surface area contributed by atoms with E-state index in [0.29, 0.717) is 5.56 Å². The lowest BCUT2D eigenvalue weighted by molar-refractivity contribution is 0.0732. The van der Waals surface area contributed by atoms with E-state index in [1.165, 1.54) is 0 Å². The summed E-state index contributed by atoms with van der Waals surface area (Å²) in [5, 5.41) is 0. The van der Waals surface area contributed by atoms with Crippen LogP contribution in [-0.4, -0.2) is 41.9 Å². The van der Waals surface area contributed by atoms with Gasteiger partial charge in [0.2, 0.25) is 0 Å². The zero-order valence-corrected chi connectivity index (χ0v) is 14.6. The number of pyridine rings is 1. The molecule has 3 aromatic rings. The molecule has 1 amide bonds. The molecule has 0 aliphatic carbocycles. The number of hydrogen-bond acceptors (Lipinski definition) is 5. The van der Waals surface area contributed by atoms with Gasteiger partial charge in [-0.2, -0.15) is 0 Å². The van der Waals surface area contributed by atoms with Crippen LogP contribution in [0.3, 0.4) is 0 Å². The van der Waals surface area contributed by atoms with Crippen LogP contribution in [0.25, 0.3) is 5.82 Å². The Morgan fingerprint density at radius 2 is 2.15 bits per heavy atom. The Balaban J connectivity index is 1.64. The summed E-state index contributed by atoms with van der Waals surface area (Å²) in [6.07, 6.45) is 13.1.